The average Bonchev–Trinajstić information content (AvgIpc) is 2.55. The zero-order chi connectivity index (χ0) is 18.3. The van der Waals surface area contributed by atoms with Crippen LogP contribution in [0.1, 0.15) is 20.8 Å². The fourth-order valence-corrected chi connectivity index (χ4v) is 2.66. The summed E-state index contributed by atoms with van der Waals surface area (Å²) in [5, 5.41) is 5.82. The van der Waals surface area contributed by atoms with Gasteiger partial charge in [0.05, 0.1) is 5.57 Å². The monoisotopic (exact) mass is 327 g/mol. The van der Waals surface area contributed by atoms with E-state index < -0.39 is 0 Å². The molecular weight excluding hydrogens is 302 g/mol. The van der Waals surface area contributed by atoms with Crippen LogP contribution in [-0.2, 0) is 9.59 Å². The number of dihydropyridines is 1. The predicted molar refractivity (Wildman–Crippen MR) is 97.3 cm³/mol. The molecule has 0 radical (unpaired) electrons. The van der Waals surface area contributed by atoms with Gasteiger partial charge >= 0.3 is 0 Å². The second-order valence-electron chi connectivity index (χ2n) is 5.27. The van der Waals surface area contributed by atoms with E-state index in [2.05, 4.69) is 23.8 Å². The third-order valence-corrected chi connectivity index (χ3v) is 3.82. The fraction of sp³-hybridized carbons (Fsp3) is 0.263. The number of carbonyl (C=O) groups is 2. The number of hydrogen-bond acceptors (Lipinski definition) is 4. The Morgan fingerprint density at radius 2 is 2.04 bits per heavy atom. The lowest BCUT2D eigenvalue weighted by Gasteiger charge is -2.34. The third-order valence-electron chi connectivity index (χ3n) is 3.82. The van der Waals surface area contributed by atoms with Crippen LogP contribution in [0.3, 0.4) is 0 Å². The van der Waals surface area contributed by atoms with Crippen LogP contribution in [0.2, 0.25) is 0 Å². The maximum Gasteiger partial charge on any atom is 0.251 e. The summed E-state index contributed by atoms with van der Waals surface area (Å²) < 4.78 is 0. The van der Waals surface area contributed by atoms with Crippen molar-refractivity contribution in [2.24, 2.45) is 5.92 Å². The highest BCUT2D eigenvalue weighted by Gasteiger charge is 2.32. The Hall–Kier alpha value is -2.82. The first-order valence-electron chi connectivity index (χ1n) is 7.73. The molecule has 0 saturated carbocycles. The molecule has 1 aliphatic rings. The smallest absolute Gasteiger partial charge is 0.251 e. The number of carbonyl (C=O) groups excluding carboxylic acids is 2. The van der Waals surface area contributed by atoms with Gasteiger partial charge in [-0.1, -0.05) is 32.2 Å². The first-order chi connectivity index (χ1) is 11.5. The van der Waals surface area contributed by atoms with Crippen molar-refractivity contribution < 1.29 is 9.59 Å². The van der Waals surface area contributed by atoms with E-state index in [0.717, 1.165) is 12.0 Å². The standard InChI is InChI=1S/C19H25N3O2/c1-7-10-15(11-8-2)22(9-3)18-17(19(24)20-6)13(4)16(12-23)14(5)21-18/h7-13,21H,1,3H2,2,4-6H3,(H,20,24)/b11-8-,15-10+. The molecule has 0 aliphatic carbocycles. The summed E-state index contributed by atoms with van der Waals surface area (Å²) in [4.78, 5) is 25.6. The molecule has 1 atom stereocenters. The molecule has 1 aliphatic heterocycles. The van der Waals surface area contributed by atoms with Crippen molar-refractivity contribution in [2.75, 3.05) is 7.05 Å². The lowest BCUT2D eigenvalue weighted by atomic mass is 9.88. The lowest BCUT2D eigenvalue weighted by molar-refractivity contribution is -0.117. The Morgan fingerprint density at radius 3 is 2.50 bits per heavy atom. The summed E-state index contributed by atoms with van der Waals surface area (Å²) in [6.07, 6.45) is 9.66. The maximum atomic E-state index is 12.4. The van der Waals surface area contributed by atoms with Crippen LogP contribution in [0.25, 0.3) is 0 Å². The van der Waals surface area contributed by atoms with E-state index in [9.17, 15) is 9.59 Å². The molecule has 0 aromatic carbocycles. The predicted octanol–water partition coefficient (Wildman–Crippen LogP) is 2.75. The van der Waals surface area contributed by atoms with Gasteiger partial charge in [0, 0.05) is 36.1 Å². The molecule has 1 rings (SSSR count). The van der Waals surface area contributed by atoms with Gasteiger partial charge < -0.3 is 15.5 Å². The minimum absolute atomic E-state index is 0.248. The van der Waals surface area contributed by atoms with Crippen molar-refractivity contribution in [3.8, 4) is 0 Å². The van der Waals surface area contributed by atoms with E-state index in [1.807, 2.05) is 39.0 Å². The van der Waals surface area contributed by atoms with Crippen LogP contribution in [0.5, 0.6) is 0 Å². The molecule has 5 nitrogen and oxygen atoms in total. The molecule has 1 unspecified atom stereocenters. The number of amides is 1. The molecule has 5 heteroatoms. The summed E-state index contributed by atoms with van der Waals surface area (Å²) in [6.45, 7) is 13.1. The highest BCUT2D eigenvalue weighted by molar-refractivity contribution is 5.97. The molecule has 0 fully saturated rings. The van der Waals surface area contributed by atoms with Crippen molar-refractivity contribution in [3.05, 3.63) is 72.0 Å². The molecule has 0 aromatic rings. The van der Waals surface area contributed by atoms with E-state index in [4.69, 9.17) is 0 Å². The van der Waals surface area contributed by atoms with Gasteiger partial charge in [-0.15, -0.1) is 0 Å². The van der Waals surface area contributed by atoms with Crippen LogP contribution in [0, 0.1) is 5.92 Å². The molecule has 24 heavy (non-hydrogen) atoms. The van der Waals surface area contributed by atoms with E-state index >= 15 is 0 Å². The molecule has 0 bridgehead atoms. The molecular formula is C19H25N3O2. The van der Waals surface area contributed by atoms with Gasteiger partial charge in [-0.25, -0.2) is 0 Å². The Kier molecular flexibility index (Phi) is 6.98. The molecule has 0 spiro atoms. The van der Waals surface area contributed by atoms with Crippen molar-refractivity contribution in [3.63, 3.8) is 0 Å². The maximum absolute atomic E-state index is 12.4. The van der Waals surface area contributed by atoms with Gasteiger partial charge in [0.1, 0.15) is 12.1 Å². The number of allylic oxidation sites excluding steroid dienone is 6. The Bertz CT molecular complexity index is 666. The van der Waals surface area contributed by atoms with E-state index in [1.54, 1.807) is 24.2 Å². The Labute approximate surface area is 143 Å². The van der Waals surface area contributed by atoms with Crippen LogP contribution in [0.15, 0.2) is 72.0 Å². The summed E-state index contributed by atoms with van der Waals surface area (Å²) >= 11 is 0. The first kappa shape index (κ1) is 19.2. The van der Waals surface area contributed by atoms with Crippen LogP contribution < -0.4 is 10.6 Å². The van der Waals surface area contributed by atoms with Crippen molar-refractivity contribution in [1.29, 1.82) is 0 Å². The molecule has 0 saturated heterocycles. The summed E-state index contributed by atoms with van der Waals surface area (Å²) in [7, 11) is 1.57. The molecule has 1 amide bonds. The second-order valence-corrected chi connectivity index (χ2v) is 5.27. The van der Waals surface area contributed by atoms with Crippen LogP contribution in [-0.4, -0.2) is 24.1 Å². The van der Waals surface area contributed by atoms with Crippen molar-refractivity contribution in [1.82, 2.24) is 15.5 Å². The Balaban J connectivity index is 3.60. The fourth-order valence-electron chi connectivity index (χ4n) is 2.66. The number of hydrogen-bond donors (Lipinski definition) is 2. The number of aldehydes is 1. The first-order valence-corrected chi connectivity index (χ1v) is 7.73. The summed E-state index contributed by atoms with van der Waals surface area (Å²) in [6, 6.07) is 0. The number of likely N-dealkylation sites (N-methyl/N-ethyl adjacent to an activating group) is 1. The molecule has 0 aromatic heterocycles. The highest BCUT2D eigenvalue weighted by atomic mass is 16.1. The molecule has 128 valence electrons. The van der Waals surface area contributed by atoms with E-state index in [-0.39, 0.29) is 11.8 Å². The van der Waals surface area contributed by atoms with Gasteiger partial charge in [-0.05, 0) is 26.0 Å². The summed E-state index contributed by atoms with van der Waals surface area (Å²) in [5.74, 6) is -0.00924. The quantitative estimate of drug-likeness (QED) is 0.557. The van der Waals surface area contributed by atoms with Gasteiger partial charge in [-0.3, -0.25) is 9.59 Å². The zero-order valence-corrected chi connectivity index (χ0v) is 14.7. The highest BCUT2D eigenvalue weighted by Crippen LogP contribution is 2.31. The normalized spacial score (nSPS) is 18.3. The van der Waals surface area contributed by atoms with Crippen molar-refractivity contribution >= 4 is 12.2 Å². The summed E-state index contributed by atoms with van der Waals surface area (Å²) in [5.41, 5.74) is 2.54. The minimum Gasteiger partial charge on any atom is -0.355 e. The van der Waals surface area contributed by atoms with Gasteiger partial charge in [-0.2, -0.15) is 0 Å². The number of rotatable bonds is 7. The lowest BCUT2D eigenvalue weighted by Crippen LogP contribution is -2.39. The van der Waals surface area contributed by atoms with Crippen LogP contribution in [0.4, 0.5) is 0 Å². The Morgan fingerprint density at radius 1 is 1.38 bits per heavy atom. The van der Waals surface area contributed by atoms with Gasteiger partial charge in [0.2, 0.25) is 0 Å². The average molecular weight is 327 g/mol. The van der Waals surface area contributed by atoms with Crippen molar-refractivity contribution in [2.45, 2.75) is 20.8 Å². The molecule has 1 heterocycles. The van der Waals surface area contributed by atoms with E-state index in [1.165, 1.54) is 0 Å². The van der Waals surface area contributed by atoms with Gasteiger partial charge in [0.25, 0.3) is 5.91 Å². The number of nitrogens with zero attached hydrogens (tertiary/aromatic N) is 1. The third kappa shape index (κ3) is 3.74. The van der Waals surface area contributed by atoms with Gasteiger partial charge in [0.15, 0.2) is 0 Å². The van der Waals surface area contributed by atoms with Crippen LogP contribution >= 0.6 is 0 Å². The topological polar surface area (TPSA) is 61.4 Å². The SMILES string of the molecule is C=C/C=C(\C=C/C)N(C=C)C1=C(C(=O)NC)C(C)C(C=O)=C(C)N1. The van der Waals surface area contributed by atoms with E-state index in [0.29, 0.717) is 22.7 Å². The largest absolute Gasteiger partial charge is 0.355 e. The number of nitrogens with one attached hydrogen (secondary N) is 2. The zero-order valence-electron chi connectivity index (χ0n) is 14.7. The minimum atomic E-state index is -0.336. The second kappa shape index (κ2) is 8.72. The molecule has 2 N–H and O–H groups in total.